The fourth-order valence-electron chi connectivity index (χ4n) is 2.81. The molecule has 0 aromatic carbocycles. The number of aromatic nitrogens is 2. The summed E-state index contributed by atoms with van der Waals surface area (Å²) in [5.41, 5.74) is 1.92. The summed E-state index contributed by atoms with van der Waals surface area (Å²) < 4.78 is 0. The summed E-state index contributed by atoms with van der Waals surface area (Å²) in [6, 6.07) is 6.06. The number of hydrogen-bond acceptors (Lipinski definition) is 5. The van der Waals surface area contributed by atoms with Gasteiger partial charge in [0.2, 0.25) is 0 Å². The van der Waals surface area contributed by atoms with Crippen molar-refractivity contribution >= 4 is 23.1 Å². The normalized spacial score (nSPS) is 18.5. The molecular weight excluding hydrogens is 296 g/mol. The zero-order valence-electron chi connectivity index (χ0n) is 12.3. The lowest BCUT2D eigenvalue weighted by atomic mass is 10.2. The van der Waals surface area contributed by atoms with Gasteiger partial charge in [0, 0.05) is 37.5 Å². The SMILES string of the molecule is O=C(c1ccsc1)N1CCN(c2ccc(C3CC3)nn2)CC1. The van der Waals surface area contributed by atoms with E-state index in [1.54, 1.807) is 11.3 Å². The maximum Gasteiger partial charge on any atom is 0.254 e. The van der Waals surface area contributed by atoms with Gasteiger partial charge in [0.25, 0.3) is 5.91 Å². The van der Waals surface area contributed by atoms with E-state index in [9.17, 15) is 4.79 Å². The molecule has 1 aliphatic heterocycles. The van der Waals surface area contributed by atoms with Crippen molar-refractivity contribution in [3.63, 3.8) is 0 Å². The van der Waals surface area contributed by atoms with Crippen molar-refractivity contribution in [2.75, 3.05) is 31.1 Å². The molecular formula is C16H18N4OS. The van der Waals surface area contributed by atoms with Crippen molar-refractivity contribution in [1.29, 1.82) is 0 Å². The molecule has 1 saturated heterocycles. The lowest BCUT2D eigenvalue weighted by Gasteiger charge is -2.35. The Morgan fingerprint density at radius 3 is 2.50 bits per heavy atom. The van der Waals surface area contributed by atoms with Gasteiger partial charge in [-0.3, -0.25) is 4.79 Å². The van der Waals surface area contributed by atoms with Gasteiger partial charge in [-0.25, -0.2) is 0 Å². The van der Waals surface area contributed by atoms with Crippen LogP contribution in [-0.2, 0) is 0 Å². The van der Waals surface area contributed by atoms with Crippen LogP contribution in [0.1, 0.15) is 34.8 Å². The van der Waals surface area contributed by atoms with Crippen molar-refractivity contribution in [3.8, 4) is 0 Å². The molecule has 5 nitrogen and oxygen atoms in total. The second kappa shape index (κ2) is 5.68. The first-order chi connectivity index (χ1) is 10.8. The molecule has 6 heteroatoms. The van der Waals surface area contributed by atoms with E-state index >= 15 is 0 Å². The molecule has 2 aromatic rings. The van der Waals surface area contributed by atoms with Gasteiger partial charge in [-0.1, -0.05) is 0 Å². The van der Waals surface area contributed by atoms with Crippen molar-refractivity contribution in [2.45, 2.75) is 18.8 Å². The Labute approximate surface area is 133 Å². The largest absolute Gasteiger partial charge is 0.352 e. The molecule has 2 aromatic heterocycles. The predicted octanol–water partition coefficient (Wildman–Crippen LogP) is 2.38. The van der Waals surface area contributed by atoms with E-state index in [1.807, 2.05) is 21.7 Å². The minimum Gasteiger partial charge on any atom is -0.352 e. The van der Waals surface area contributed by atoms with Crippen LogP contribution >= 0.6 is 11.3 Å². The van der Waals surface area contributed by atoms with Gasteiger partial charge in [-0.05, 0) is 36.4 Å². The minimum atomic E-state index is 0.135. The highest BCUT2D eigenvalue weighted by Crippen LogP contribution is 2.38. The van der Waals surface area contributed by atoms with E-state index in [4.69, 9.17) is 0 Å². The second-order valence-corrected chi connectivity index (χ2v) is 6.66. The highest BCUT2D eigenvalue weighted by Gasteiger charge is 2.26. The summed E-state index contributed by atoms with van der Waals surface area (Å²) in [5.74, 6) is 1.70. The van der Waals surface area contributed by atoms with E-state index in [2.05, 4.69) is 27.2 Å². The number of nitrogens with zero attached hydrogens (tertiary/aromatic N) is 4. The third kappa shape index (κ3) is 2.70. The number of piperazine rings is 1. The highest BCUT2D eigenvalue weighted by molar-refractivity contribution is 7.08. The Kier molecular flexibility index (Phi) is 3.54. The molecule has 1 aliphatic carbocycles. The molecule has 0 N–H and O–H groups in total. The van der Waals surface area contributed by atoms with Crippen LogP contribution in [-0.4, -0.2) is 47.2 Å². The van der Waals surface area contributed by atoms with Crippen molar-refractivity contribution in [1.82, 2.24) is 15.1 Å². The number of hydrogen-bond donors (Lipinski definition) is 0. The first-order valence-corrected chi connectivity index (χ1v) is 8.65. The molecule has 0 bridgehead atoms. The van der Waals surface area contributed by atoms with Crippen LogP contribution in [0.2, 0.25) is 0 Å². The van der Waals surface area contributed by atoms with Crippen LogP contribution in [0.4, 0.5) is 5.82 Å². The topological polar surface area (TPSA) is 49.3 Å². The minimum absolute atomic E-state index is 0.135. The molecule has 22 heavy (non-hydrogen) atoms. The Bertz CT molecular complexity index is 643. The highest BCUT2D eigenvalue weighted by atomic mass is 32.1. The third-order valence-electron chi connectivity index (χ3n) is 4.33. The molecule has 114 valence electrons. The van der Waals surface area contributed by atoms with Crippen LogP contribution in [0.15, 0.2) is 29.0 Å². The number of carbonyl (C=O) groups is 1. The molecule has 0 unspecified atom stereocenters. The van der Waals surface area contributed by atoms with Crippen LogP contribution in [0, 0.1) is 0 Å². The maximum absolute atomic E-state index is 12.3. The predicted molar refractivity (Wildman–Crippen MR) is 86.4 cm³/mol. The van der Waals surface area contributed by atoms with Gasteiger partial charge in [-0.15, -0.1) is 5.10 Å². The quantitative estimate of drug-likeness (QED) is 0.873. The van der Waals surface area contributed by atoms with E-state index < -0.39 is 0 Å². The van der Waals surface area contributed by atoms with Crippen molar-refractivity contribution < 1.29 is 4.79 Å². The number of rotatable bonds is 3. The molecule has 2 aliphatic rings. The average molecular weight is 314 g/mol. The summed E-state index contributed by atoms with van der Waals surface area (Å²) in [7, 11) is 0. The number of thiophene rings is 1. The van der Waals surface area contributed by atoms with Gasteiger partial charge in [0.1, 0.15) is 0 Å². The van der Waals surface area contributed by atoms with Crippen molar-refractivity contribution in [3.05, 3.63) is 40.2 Å². The Hall–Kier alpha value is -1.95. The Morgan fingerprint density at radius 1 is 1.09 bits per heavy atom. The van der Waals surface area contributed by atoms with Crippen LogP contribution in [0.3, 0.4) is 0 Å². The monoisotopic (exact) mass is 314 g/mol. The summed E-state index contributed by atoms with van der Waals surface area (Å²) >= 11 is 1.56. The van der Waals surface area contributed by atoms with Gasteiger partial charge in [-0.2, -0.15) is 16.4 Å². The first-order valence-electron chi connectivity index (χ1n) is 7.71. The van der Waals surface area contributed by atoms with Gasteiger partial charge in [0.15, 0.2) is 5.82 Å². The smallest absolute Gasteiger partial charge is 0.254 e. The number of anilines is 1. The van der Waals surface area contributed by atoms with E-state index in [0.29, 0.717) is 5.92 Å². The van der Waals surface area contributed by atoms with Gasteiger partial charge >= 0.3 is 0 Å². The van der Waals surface area contributed by atoms with E-state index in [-0.39, 0.29) is 5.91 Å². The van der Waals surface area contributed by atoms with Crippen LogP contribution in [0.5, 0.6) is 0 Å². The van der Waals surface area contributed by atoms with Gasteiger partial charge in [0.05, 0.1) is 11.3 Å². The molecule has 3 heterocycles. The summed E-state index contributed by atoms with van der Waals surface area (Å²) in [6.45, 7) is 3.10. The summed E-state index contributed by atoms with van der Waals surface area (Å²) in [6.07, 6.45) is 2.49. The number of amides is 1. The second-order valence-electron chi connectivity index (χ2n) is 5.88. The lowest BCUT2D eigenvalue weighted by Crippen LogP contribution is -2.49. The molecule has 0 atom stereocenters. The fraction of sp³-hybridized carbons (Fsp3) is 0.438. The zero-order chi connectivity index (χ0) is 14.9. The molecule has 4 rings (SSSR count). The molecule has 1 amide bonds. The van der Waals surface area contributed by atoms with Crippen LogP contribution < -0.4 is 4.90 Å². The Morgan fingerprint density at radius 2 is 1.91 bits per heavy atom. The molecule has 1 saturated carbocycles. The average Bonchev–Trinajstić information content (AvgIpc) is 3.29. The fourth-order valence-corrected chi connectivity index (χ4v) is 3.44. The molecule has 0 spiro atoms. The lowest BCUT2D eigenvalue weighted by molar-refractivity contribution is 0.0747. The standard InChI is InChI=1S/C16H18N4OS/c21-16(13-5-10-22-11-13)20-8-6-19(7-9-20)15-4-3-14(17-18-15)12-1-2-12/h3-5,10-12H,1-2,6-9H2. The van der Waals surface area contributed by atoms with Crippen LogP contribution in [0.25, 0.3) is 0 Å². The van der Waals surface area contributed by atoms with Crippen molar-refractivity contribution in [2.24, 2.45) is 0 Å². The maximum atomic E-state index is 12.3. The van der Waals surface area contributed by atoms with E-state index in [1.165, 1.54) is 12.8 Å². The molecule has 2 fully saturated rings. The summed E-state index contributed by atoms with van der Waals surface area (Å²) in [5, 5.41) is 12.6. The van der Waals surface area contributed by atoms with E-state index in [0.717, 1.165) is 43.3 Å². The van der Waals surface area contributed by atoms with Gasteiger partial charge < -0.3 is 9.80 Å². The summed E-state index contributed by atoms with van der Waals surface area (Å²) in [4.78, 5) is 16.4. The molecule has 0 radical (unpaired) electrons. The third-order valence-corrected chi connectivity index (χ3v) is 5.01. The first kappa shape index (κ1) is 13.7. The Balaban J connectivity index is 1.38. The zero-order valence-corrected chi connectivity index (χ0v) is 13.1. The number of carbonyl (C=O) groups excluding carboxylic acids is 1.